The van der Waals surface area contributed by atoms with Crippen LogP contribution in [-0.4, -0.2) is 20.7 Å². The van der Waals surface area contributed by atoms with E-state index in [0.717, 1.165) is 49.4 Å². The van der Waals surface area contributed by atoms with Crippen LogP contribution in [0.2, 0.25) is 0 Å². The second-order valence-corrected chi connectivity index (χ2v) is 8.37. The minimum absolute atomic E-state index is 0.00346. The van der Waals surface area contributed by atoms with Crippen LogP contribution in [0.1, 0.15) is 42.8 Å². The molecule has 0 unspecified atom stereocenters. The Labute approximate surface area is 207 Å². The standard InChI is InChI=1S/C25H23F3N4O2.C2H6/c1-31-21-3-2-9-29-14-20(21)19-6-5-17(11-22(19)31)32-10-8-18(12-24(32)33)34-15-16-4-7-23(30-13-16)25(26,27)28;1-2/h4-8,10-13,29H,2-3,9,14-15H2,1H3;1-2H3. The van der Waals surface area contributed by atoms with Crippen LogP contribution in [0.15, 0.2) is 59.7 Å². The highest BCUT2D eigenvalue weighted by molar-refractivity contribution is 5.87. The summed E-state index contributed by atoms with van der Waals surface area (Å²) in [6.07, 6.45) is 0.383. The number of hydrogen-bond acceptors (Lipinski definition) is 4. The normalized spacial score (nSPS) is 13.5. The molecule has 1 aliphatic rings. The molecule has 0 radical (unpaired) electrons. The lowest BCUT2D eigenvalue weighted by molar-refractivity contribution is -0.141. The summed E-state index contributed by atoms with van der Waals surface area (Å²) in [7, 11) is 2.06. The van der Waals surface area contributed by atoms with Gasteiger partial charge in [0.25, 0.3) is 5.56 Å². The van der Waals surface area contributed by atoms with E-state index in [1.165, 1.54) is 28.8 Å². The van der Waals surface area contributed by atoms with Gasteiger partial charge >= 0.3 is 6.18 Å². The number of alkyl halides is 3. The number of nitrogens with zero attached hydrogens (tertiary/aromatic N) is 3. The second kappa shape index (κ2) is 10.6. The Balaban J connectivity index is 0.00000148. The summed E-state index contributed by atoms with van der Waals surface area (Å²) >= 11 is 0. The van der Waals surface area contributed by atoms with Gasteiger partial charge in [-0.2, -0.15) is 13.2 Å². The fraction of sp³-hybridized carbons (Fsp3) is 0.333. The molecule has 0 bridgehead atoms. The van der Waals surface area contributed by atoms with Crippen molar-refractivity contribution < 1.29 is 17.9 Å². The third kappa shape index (κ3) is 5.16. The first-order valence-electron chi connectivity index (χ1n) is 12.0. The molecule has 4 heterocycles. The largest absolute Gasteiger partial charge is 0.489 e. The summed E-state index contributed by atoms with van der Waals surface area (Å²) in [6, 6.07) is 11.3. The number of benzene rings is 1. The average Bonchev–Trinajstić information content (AvgIpc) is 3.02. The van der Waals surface area contributed by atoms with Crippen molar-refractivity contribution in [3.8, 4) is 11.4 Å². The maximum Gasteiger partial charge on any atom is 0.433 e. The minimum atomic E-state index is -4.48. The summed E-state index contributed by atoms with van der Waals surface area (Å²) in [5.74, 6) is 0.332. The molecule has 4 aromatic rings. The lowest BCUT2D eigenvalue weighted by Crippen LogP contribution is -2.17. The van der Waals surface area contributed by atoms with Gasteiger partial charge in [-0.1, -0.05) is 26.0 Å². The molecule has 0 spiro atoms. The smallest absolute Gasteiger partial charge is 0.433 e. The monoisotopic (exact) mass is 498 g/mol. The van der Waals surface area contributed by atoms with Crippen molar-refractivity contribution in [3.05, 3.63) is 87.7 Å². The van der Waals surface area contributed by atoms with Gasteiger partial charge in [-0.05, 0) is 49.2 Å². The van der Waals surface area contributed by atoms with Crippen LogP contribution in [0.25, 0.3) is 16.6 Å². The number of aryl methyl sites for hydroxylation is 1. The molecule has 36 heavy (non-hydrogen) atoms. The van der Waals surface area contributed by atoms with Gasteiger partial charge in [0.15, 0.2) is 0 Å². The molecule has 0 amide bonds. The van der Waals surface area contributed by atoms with Crippen molar-refractivity contribution in [2.24, 2.45) is 7.05 Å². The van der Waals surface area contributed by atoms with Crippen LogP contribution in [0.4, 0.5) is 13.2 Å². The van der Waals surface area contributed by atoms with Crippen molar-refractivity contribution in [2.45, 2.75) is 46.0 Å². The molecular formula is C27H29F3N4O2. The highest BCUT2D eigenvalue weighted by Crippen LogP contribution is 2.30. The van der Waals surface area contributed by atoms with E-state index in [1.807, 2.05) is 26.0 Å². The lowest BCUT2D eigenvalue weighted by Gasteiger charge is -2.10. The van der Waals surface area contributed by atoms with Gasteiger partial charge in [0.2, 0.25) is 0 Å². The van der Waals surface area contributed by atoms with Crippen molar-refractivity contribution in [2.75, 3.05) is 6.54 Å². The van der Waals surface area contributed by atoms with Crippen molar-refractivity contribution in [3.63, 3.8) is 0 Å². The predicted molar refractivity (Wildman–Crippen MR) is 133 cm³/mol. The molecule has 1 N–H and O–H groups in total. The van der Waals surface area contributed by atoms with Gasteiger partial charge in [0, 0.05) is 48.7 Å². The topological polar surface area (TPSA) is 61.1 Å². The minimum Gasteiger partial charge on any atom is -0.489 e. The molecule has 190 valence electrons. The lowest BCUT2D eigenvalue weighted by atomic mass is 10.1. The highest BCUT2D eigenvalue weighted by Gasteiger charge is 2.32. The second-order valence-electron chi connectivity index (χ2n) is 8.37. The zero-order valence-corrected chi connectivity index (χ0v) is 20.5. The number of hydrogen-bond donors (Lipinski definition) is 1. The van der Waals surface area contributed by atoms with E-state index in [4.69, 9.17) is 4.74 Å². The average molecular weight is 499 g/mol. The molecule has 0 atom stereocenters. The van der Waals surface area contributed by atoms with E-state index in [0.29, 0.717) is 11.3 Å². The van der Waals surface area contributed by atoms with Gasteiger partial charge < -0.3 is 14.6 Å². The number of ether oxygens (including phenoxy) is 1. The van der Waals surface area contributed by atoms with Crippen molar-refractivity contribution in [1.29, 1.82) is 0 Å². The van der Waals surface area contributed by atoms with E-state index in [2.05, 4.69) is 28.0 Å². The Morgan fingerprint density at radius 1 is 1.11 bits per heavy atom. The van der Waals surface area contributed by atoms with Crippen LogP contribution in [0.3, 0.4) is 0 Å². The first-order chi connectivity index (χ1) is 17.3. The Morgan fingerprint density at radius 3 is 2.61 bits per heavy atom. The molecule has 1 aliphatic heterocycles. The maximum atomic E-state index is 12.8. The fourth-order valence-electron chi connectivity index (χ4n) is 4.42. The van der Waals surface area contributed by atoms with Crippen molar-refractivity contribution in [1.82, 2.24) is 19.4 Å². The summed E-state index contributed by atoms with van der Waals surface area (Å²) in [5.41, 5.74) is 3.72. The van der Waals surface area contributed by atoms with Gasteiger partial charge in [-0.3, -0.25) is 14.3 Å². The van der Waals surface area contributed by atoms with E-state index in [1.54, 1.807) is 16.8 Å². The predicted octanol–water partition coefficient (Wildman–Crippen LogP) is 5.38. The van der Waals surface area contributed by atoms with Crippen molar-refractivity contribution >= 4 is 10.9 Å². The SMILES string of the molecule is CC.Cn1c2c(c3ccc(-n4ccc(OCc5ccc(C(F)(F)F)nc5)cc4=O)cc31)CNCCC2. The number of rotatable bonds is 4. The zero-order chi connectivity index (χ0) is 25.9. The van der Waals surface area contributed by atoms with Crippen LogP contribution in [0, 0.1) is 0 Å². The number of halogens is 3. The number of nitrogens with one attached hydrogen (secondary N) is 1. The highest BCUT2D eigenvalue weighted by atomic mass is 19.4. The van der Waals surface area contributed by atoms with Gasteiger partial charge in [0.1, 0.15) is 18.1 Å². The molecule has 0 aliphatic carbocycles. The summed E-state index contributed by atoms with van der Waals surface area (Å²) in [6.45, 7) is 5.85. The van der Waals surface area contributed by atoms with Crippen LogP contribution in [-0.2, 0) is 32.8 Å². The molecule has 0 fully saturated rings. The molecule has 1 aromatic carbocycles. The molecule has 9 heteroatoms. The number of fused-ring (bicyclic) bond motifs is 3. The molecule has 0 saturated carbocycles. The summed E-state index contributed by atoms with van der Waals surface area (Å²) in [4.78, 5) is 16.2. The molecule has 0 saturated heterocycles. The Kier molecular flexibility index (Phi) is 7.49. The first kappa shape index (κ1) is 25.5. The summed E-state index contributed by atoms with van der Waals surface area (Å²) < 4.78 is 47.3. The molecule has 5 rings (SSSR count). The molecule has 3 aromatic heterocycles. The Bertz CT molecular complexity index is 1410. The third-order valence-corrected chi connectivity index (χ3v) is 6.18. The quantitative estimate of drug-likeness (QED) is 0.410. The molecular weight excluding hydrogens is 469 g/mol. The van der Waals surface area contributed by atoms with E-state index in [-0.39, 0.29) is 12.2 Å². The van der Waals surface area contributed by atoms with E-state index < -0.39 is 11.9 Å². The Hall–Kier alpha value is -3.59. The third-order valence-electron chi connectivity index (χ3n) is 6.18. The molecule has 6 nitrogen and oxygen atoms in total. The fourth-order valence-corrected chi connectivity index (χ4v) is 4.42. The number of pyridine rings is 2. The van der Waals surface area contributed by atoms with Crippen LogP contribution < -0.4 is 15.6 Å². The van der Waals surface area contributed by atoms with Gasteiger partial charge in [-0.15, -0.1) is 0 Å². The maximum absolute atomic E-state index is 12.8. The number of aromatic nitrogens is 3. The van der Waals surface area contributed by atoms with Crippen LogP contribution in [0.5, 0.6) is 5.75 Å². The first-order valence-corrected chi connectivity index (χ1v) is 12.0. The summed E-state index contributed by atoms with van der Waals surface area (Å²) in [5, 5.41) is 4.66. The van der Waals surface area contributed by atoms with Gasteiger partial charge in [-0.25, -0.2) is 0 Å². The van der Waals surface area contributed by atoms with E-state index >= 15 is 0 Å². The van der Waals surface area contributed by atoms with Crippen LogP contribution >= 0.6 is 0 Å². The van der Waals surface area contributed by atoms with Gasteiger partial charge in [0.05, 0.1) is 11.2 Å². The Morgan fingerprint density at radius 2 is 1.92 bits per heavy atom. The zero-order valence-electron chi connectivity index (χ0n) is 20.5. The van der Waals surface area contributed by atoms with E-state index in [9.17, 15) is 18.0 Å².